The first kappa shape index (κ1) is 16.6. The number of ketones is 1. The van der Waals surface area contributed by atoms with Crippen molar-refractivity contribution in [1.29, 1.82) is 0 Å². The summed E-state index contributed by atoms with van der Waals surface area (Å²) >= 11 is 0. The maximum absolute atomic E-state index is 12.9. The summed E-state index contributed by atoms with van der Waals surface area (Å²) in [7, 11) is 0. The highest BCUT2D eigenvalue weighted by Gasteiger charge is 2.11. The molecule has 0 unspecified atom stereocenters. The molecule has 3 aromatic rings. The van der Waals surface area contributed by atoms with Gasteiger partial charge in [-0.1, -0.05) is 5.16 Å². The van der Waals surface area contributed by atoms with Gasteiger partial charge >= 0.3 is 0 Å². The van der Waals surface area contributed by atoms with E-state index in [1.54, 1.807) is 42.5 Å². The van der Waals surface area contributed by atoms with Crippen molar-refractivity contribution < 1.29 is 18.5 Å². The predicted octanol–water partition coefficient (Wildman–Crippen LogP) is 3.86. The van der Waals surface area contributed by atoms with Crippen LogP contribution in [0.3, 0.4) is 0 Å². The highest BCUT2D eigenvalue weighted by molar-refractivity contribution is 5.96. The predicted molar refractivity (Wildman–Crippen MR) is 90.7 cm³/mol. The molecule has 1 aromatic heterocycles. The van der Waals surface area contributed by atoms with Crippen LogP contribution in [0.25, 0.3) is 11.3 Å². The van der Waals surface area contributed by atoms with Crippen molar-refractivity contribution in [2.24, 2.45) is 0 Å². The molecule has 2 aromatic carbocycles. The Morgan fingerprint density at radius 1 is 1.08 bits per heavy atom. The van der Waals surface area contributed by atoms with Crippen LogP contribution in [0.2, 0.25) is 0 Å². The Labute approximate surface area is 143 Å². The topological polar surface area (TPSA) is 72.2 Å². The number of benzene rings is 2. The first-order valence-electron chi connectivity index (χ1n) is 7.63. The zero-order valence-corrected chi connectivity index (χ0v) is 13.5. The molecule has 1 amide bonds. The second-order valence-electron chi connectivity index (χ2n) is 5.55. The molecule has 0 saturated heterocycles. The Morgan fingerprint density at radius 2 is 1.76 bits per heavy atom. The molecule has 0 radical (unpaired) electrons. The van der Waals surface area contributed by atoms with Crippen LogP contribution in [0, 0.1) is 5.82 Å². The number of amides is 1. The Bertz CT molecular complexity index is 899. The van der Waals surface area contributed by atoms with E-state index in [1.165, 1.54) is 19.1 Å². The van der Waals surface area contributed by atoms with Crippen molar-refractivity contribution in [3.05, 3.63) is 71.7 Å². The van der Waals surface area contributed by atoms with E-state index in [0.717, 1.165) is 0 Å². The van der Waals surface area contributed by atoms with Crippen LogP contribution < -0.4 is 5.32 Å². The number of halogens is 1. The molecule has 0 aliphatic rings. The van der Waals surface area contributed by atoms with Crippen molar-refractivity contribution in [2.45, 2.75) is 13.3 Å². The van der Waals surface area contributed by atoms with Gasteiger partial charge in [-0.15, -0.1) is 0 Å². The molecular weight excluding hydrogens is 323 g/mol. The Balaban J connectivity index is 1.63. The summed E-state index contributed by atoms with van der Waals surface area (Å²) in [6, 6.07) is 14.1. The second kappa shape index (κ2) is 7.09. The molecule has 0 aliphatic carbocycles. The zero-order chi connectivity index (χ0) is 17.8. The van der Waals surface area contributed by atoms with Gasteiger partial charge in [0.1, 0.15) is 5.82 Å². The van der Waals surface area contributed by atoms with Crippen LogP contribution in [0.4, 0.5) is 10.1 Å². The summed E-state index contributed by atoms with van der Waals surface area (Å²) in [5.41, 5.74) is 2.33. The highest BCUT2D eigenvalue weighted by Crippen LogP contribution is 2.21. The summed E-state index contributed by atoms with van der Waals surface area (Å²) in [6.07, 6.45) is 0.0408. The van der Waals surface area contributed by atoms with Crippen molar-refractivity contribution in [2.75, 3.05) is 5.32 Å². The molecule has 0 aliphatic heterocycles. The smallest absolute Gasteiger partial charge is 0.230 e. The van der Waals surface area contributed by atoms with Gasteiger partial charge in [-0.2, -0.15) is 0 Å². The third kappa shape index (κ3) is 4.17. The van der Waals surface area contributed by atoms with Gasteiger partial charge in [0.2, 0.25) is 5.91 Å². The fraction of sp³-hybridized carbons (Fsp3) is 0.105. The van der Waals surface area contributed by atoms with Crippen LogP contribution >= 0.6 is 0 Å². The molecule has 1 heterocycles. The van der Waals surface area contributed by atoms with E-state index < -0.39 is 0 Å². The molecule has 126 valence electrons. The average molecular weight is 338 g/mol. The molecule has 0 spiro atoms. The van der Waals surface area contributed by atoms with Crippen LogP contribution in [0.5, 0.6) is 0 Å². The monoisotopic (exact) mass is 338 g/mol. The van der Waals surface area contributed by atoms with Crippen LogP contribution in [0.15, 0.2) is 59.1 Å². The number of nitrogens with one attached hydrogen (secondary N) is 1. The van der Waals surface area contributed by atoms with Gasteiger partial charge in [0.05, 0.1) is 12.1 Å². The highest BCUT2D eigenvalue weighted by atomic mass is 19.1. The van der Waals surface area contributed by atoms with Crippen LogP contribution in [-0.2, 0) is 11.2 Å². The number of aromatic nitrogens is 1. The number of nitrogens with zero attached hydrogens (tertiary/aromatic N) is 1. The van der Waals surface area contributed by atoms with Crippen molar-refractivity contribution in [3.63, 3.8) is 0 Å². The largest absolute Gasteiger partial charge is 0.356 e. The fourth-order valence-corrected chi connectivity index (χ4v) is 2.30. The van der Waals surface area contributed by atoms with E-state index in [-0.39, 0.29) is 23.9 Å². The van der Waals surface area contributed by atoms with Gasteiger partial charge in [-0.25, -0.2) is 4.39 Å². The minimum Gasteiger partial charge on any atom is -0.356 e. The van der Waals surface area contributed by atoms with Gasteiger partial charge in [0.25, 0.3) is 0 Å². The van der Waals surface area contributed by atoms with Crippen LogP contribution in [0.1, 0.15) is 23.0 Å². The van der Waals surface area contributed by atoms with Crippen LogP contribution in [-0.4, -0.2) is 16.8 Å². The lowest BCUT2D eigenvalue weighted by molar-refractivity contribution is -0.115. The third-order valence-electron chi connectivity index (χ3n) is 3.60. The fourth-order valence-electron chi connectivity index (χ4n) is 2.30. The summed E-state index contributed by atoms with van der Waals surface area (Å²) in [5.74, 6) is -0.157. The van der Waals surface area contributed by atoms with E-state index in [2.05, 4.69) is 10.5 Å². The zero-order valence-electron chi connectivity index (χ0n) is 13.5. The van der Waals surface area contributed by atoms with E-state index >= 15 is 0 Å². The van der Waals surface area contributed by atoms with Gasteiger partial charge in [-0.3, -0.25) is 9.59 Å². The maximum Gasteiger partial charge on any atom is 0.230 e. The molecule has 25 heavy (non-hydrogen) atoms. The quantitative estimate of drug-likeness (QED) is 0.717. The van der Waals surface area contributed by atoms with Crippen molar-refractivity contribution in [1.82, 2.24) is 5.16 Å². The maximum atomic E-state index is 12.9. The average Bonchev–Trinajstić information content (AvgIpc) is 3.04. The van der Waals surface area contributed by atoms with Crippen molar-refractivity contribution >= 4 is 17.4 Å². The lowest BCUT2D eigenvalue weighted by Gasteiger charge is -2.04. The number of rotatable bonds is 5. The SMILES string of the molecule is CC(=O)c1ccc(NC(=O)Cc2cc(-c3ccc(F)cc3)on2)cc1. The van der Waals surface area contributed by atoms with E-state index in [0.29, 0.717) is 28.3 Å². The lowest BCUT2D eigenvalue weighted by atomic mass is 10.1. The molecule has 0 atom stereocenters. The molecule has 5 nitrogen and oxygen atoms in total. The summed E-state index contributed by atoms with van der Waals surface area (Å²) in [5, 5.41) is 6.59. The number of carbonyl (C=O) groups excluding carboxylic acids is 2. The minimum absolute atomic E-state index is 0.0335. The van der Waals surface area contributed by atoms with Gasteiger partial charge in [-0.05, 0) is 55.5 Å². The van der Waals surface area contributed by atoms with Crippen molar-refractivity contribution in [3.8, 4) is 11.3 Å². The first-order valence-corrected chi connectivity index (χ1v) is 7.63. The van der Waals surface area contributed by atoms with Gasteiger partial charge in [0, 0.05) is 22.9 Å². The molecule has 0 bridgehead atoms. The van der Waals surface area contributed by atoms with E-state index in [4.69, 9.17) is 4.52 Å². The molecule has 1 N–H and O–H groups in total. The first-order chi connectivity index (χ1) is 12.0. The molecule has 6 heteroatoms. The number of carbonyl (C=O) groups is 2. The molecular formula is C19H15FN2O3. The van der Waals surface area contributed by atoms with E-state index in [9.17, 15) is 14.0 Å². The Kier molecular flexibility index (Phi) is 4.70. The number of Topliss-reactive ketones (excluding diaryl/α,β-unsaturated/α-hetero) is 1. The summed E-state index contributed by atoms with van der Waals surface area (Å²) in [4.78, 5) is 23.3. The van der Waals surface area contributed by atoms with E-state index in [1.807, 2.05) is 0 Å². The normalized spacial score (nSPS) is 10.5. The van der Waals surface area contributed by atoms with Gasteiger partial charge < -0.3 is 9.84 Å². The summed E-state index contributed by atoms with van der Waals surface area (Å²) < 4.78 is 18.1. The lowest BCUT2D eigenvalue weighted by Crippen LogP contribution is -2.14. The molecule has 0 saturated carbocycles. The number of anilines is 1. The molecule has 3 rings (SSSR count). The summed E-state index contributed by atoms with van der Waals surface area (Å²) in [6.45, 7) is 1.48. The molecule has 0 fully saturated rings. The number of hydrogen-bond donors (Lipinski definition) is 1. The standard InChI is InChI=1S/C19H15FN2O3/c1-12(23)13-4-8-16(9-5-13)21-19(24)11-17-10-18(25-22-17)14-2-6-15(20)7-3-14/h2-10H,11H2,1H3,(H,21,24). The Morgan fingerprint density at radius 3 is 2.40 bits per heavy atom. The van der Waals surface area contributed by atoms with Gasteiger partial charge in [0.15, 0.2) is 11.5 Å². The minimum atomic E-state index is -0.335. The third-order valence-corrected chi connectivity index (χ3v) is 3.60. The number of hydrogen-bond acceptors (Lipinski definition) is 4. The Hall–Kier alpha value is -3.28. The second-order valence-corrected chi connectivity index (χ2v) is 5.55.